The SMILES string of the molecule is Cc1ccc(CC(N)C2CCOC3(CCSCC3)C2)cc1. The van der Waals surface area contributed by atoms with Crippen molar-refractivity contribution in [3.8, 4) is 0 Å². The molecule has 2 atom stereocenters. The third-order valence-electron chi connectivity index (χ3n) is 5.13. The Kier molecular flexibility index (Phi) is 4.92. The van der Waals surface area contributed by atoms with Crippen molar-refractivity contribution in [1.29, 1.82) is 0 Å². The van der Waals surface area contributed by atoms with Crippen LogP contribution in [0.3, 0.4) is 0 Å². The number of ether oxygens (including phenoxy) is 1. The van der Waals surface area contributed by atoms with Gasteiger partial charge in [0.1, 0.15) is 0 Å². The summed E-state index contributed by atoms with van der Waals surface area (Å²) in [6.07, 6.45) is 5.72. The van der Waals surface area contributed by atoms with Gasteiger partial charge in [-0.1, -0.05) is 29.8 Å². The first-order valence-corrected chi connectivity index (χ1v) is 9.35. The zero-order valence-corrected chi connectivity index (χ0v) is 13.8. The van der Waals surface area contributed by atoms with Gasteiger partial charge in [0.05, 0.1) is 5.60 Å². The van der Waals surface area contributed by atoms with Gasteiger partial charge in [-0.2, -0.15) is 11.8 Å². The van der Waals surface area contributed by atoms with Gasteiger partial charge in [-0.05, 0) is 62.0 Å². The number of hydrogen-bond donors (Lipinski definition) is 1. The molecule has 21 heavy (non-hydrogen) atoms. The third kappa shape index (κ3) is 3.82. The van der Waals surface area contributed by atoms with Crippen molar-refractivity contribution in [2.45, 2.75) is 50.7 Å². The fraction of sp³-hybridized carbons (Fsp3) is 0.667. The Morgan fingerprint density at radius 1 is 1.29 bits per heavy atom. The van der Waals surface area contributed by atoms with Crippen LogP contribution in [0.1, 0.15) is 36.8 Å². The average Bonchev–Trinajstić information content (AvgIpc) is 2.50. The average molecular weight is 305 g/mol. The molecule has 0 saturated carbocycles. The van der Waals surface area contributed by atoms with Gasteiger partial charge in [-0.15, -0.1) is 0 Å². The van der Waals surface area contributed by atoms with Crippen molar-refractivity contribution >= 4 is 11.8 Å². The van der Waals surface area contributed by atoms with Crippen LogP contribution in [0.15, 0.2) is 24.3 Å². The van der Waals surface area contributed by atoms with E-state index in [1.807, 2.05) is 0 Å². The van der Waals surface area contributed by atoms with Crippen molar-refractivity contribution in [1.82, 2.24) is 0 Å². The van der Waals surface area contributed by atoms with Crippen LogP contribution in [0.25, 0.3) is 0 Å². The molecule has 3 rings (SSSR count). The topological polar surface area (TPSA) is 35.2 Å². The maximum absolute atomic E-state index is 6.55. The van der Waals surface area contributed by atoms with Crippen molar-refractivity contribution in [2.24, 2.45) is 11.7 Å². The summed E-state index contributed by atoms with van der Waals surface area (Å²) in [6, 6.07) is 9.09. The smallest absolute Gasteiger partial charge is 0.0701 e. The lowest BCUT2D eigenvalue weighted by molar-refractivity contribution is -0.105. The first kappa shape index (κ1) is 15.4. The highest BCUT2D eigenvalue weighted by Gasteiger charge is 2.40. The van der Waals surface area contributed by atoms with E-state index < -0.39 is 0 Å². The number of aryl methyl sites for hydroxylation is 1. The summed E-state index contributed by atoms with van der Waals surface area (Å²) in [5, 5.41) is 0. The van der Waals surface area contributed by atoms with Crippen LogP contribution >= 0.6 is 11.8 Å². The molecule has 0 bridgehead atoms. The molecule has 1 aromatic carbocycles. The molecule has 0 aliphatic carbocycles. The summed E-state index contributed by atoms with van der Waals surface area (Å²) < 4.78 is 6.18. The molecule has 1 aromatic rings. The lowest BCUT2D eigenvalue weighted by Gasteiger charge is -2.44. The molecular weight excluding hydrogens is 278 g/mol. The van der Waals surface area contributed by atoms with E-state index in [9.17, 15) is 0 Å². The largest absolute Gasteiger partial charge is 0.375 e. The van der Waals surface area contributed by atoms with E-state index in [4.69, 9.17) is 10.5 Å². The van der Waals surface area contributed by atoms with Gasteiger partial charge in [0.15, 0.2) is 0 Å². The monoisotopic (exact) mass is 305 g/mol. The summed E-state index contributed by atoms with van der Waals surface area (Å²) in [6.45, 7) is 3.03. The van der Waals surface area contributed by atoms with Crippen LogP contribution in [0.2, 0.25) is 0 Å². The maximum atomic E-state index is 6.55. The second kappa shape index (κ2) is 6.72. The Morgan fingerprint density at radius 3 is 2.71 bits per heavy atom. The molecule has 0 radical (unpaired) electrons. The normalized spacial score (nSPS) is 26.7. The fourth-order valence-corrected chi connectivity index (χ4v) is 4.92. The predicted molar refractivity (Wildman–Crippen MR) is 90.8 cm³/mol. The minimum atomic E-state index is 0.152. The van der Waals surface area contributed by atoms with E-state index in [0.29, 0.717) is 5.92 Å². The maximum Gasteiger partial charge on any atom is 0.0701 e. The van der Waals surface area contributed by atoms with Crippen molar-refractivity contribution in [2.75, 3.05) is 18.1 Å². The minimum Gasteiger partial charge on any atom is -0.375 e. The lowest BCUT2D eigenvalue weighted by atomic mass is 9.77. The molecule has 2 saturated heterocycles. The van der Waals surface area contributed by atoms with E-state index in [2.05, 4.69) is 43.0 Å². The predicted octanol–water partition coefficient (Wildman–Crippen LogP) is 3.56. The molecule has 2 N–H and O–H groups in total. The van der Waals surface area contributed by atoms with Crippen LogP contribution in [0.4, 0.5) is 0 Å². The molecule has 2 unspecified atom stereocenters. The van der Waals surface area contributed by atoms with Gasteiger partial charge in [0.2, 0.25) is 0 Å². The highest BCUT2D eigenvalue weighted by Crippen LogP contribution is 2.40. The van der Waals surface area contributed by atoms with Crippen LogP contribution in [0, 0.1) is 12.8 Å². The standard InChI is InChI=1S/C18H27NOS/c1-14-2-4-15(5-3-14)12-17(19)16-6-9-20-18(13-16)7-10-21-11-8-18/h2-5,16-17H,6-13,19H2,1H3. The molecule has 2 aliphatic heterocycles. The van der Waals surface area contributed by atoms with Crippen LogP contribution in [0.5, 0.6) is 0 Å². The fourth-order valence-electron chi connectivity index (χ4n) is 3.69. The summed E-state index contributed by atoms with van der Waals surface area (Å²) in [4.78, 5) is 0. The minimum absolute atomic E-state index is 0.152. The van der Waals surface area contributed by atoms with Crippen LogP contribution in [-0.4, -0.2) is 29.8 Å². The van der Waals surface area contributed by atoms with Gasteiger partial charge in [-0.25, -0.2) is 0 Å². The molecule has 0 aromatic heterocycles. The van der Waals surface area contributed by atoms with E-state index in [1.54, 1.807) is 0 Å². The van der Waals surface area contributed by atoms with Crippen LogP contribution < -0.4 is 5.73 Å². The van der Waals surface area contributed by atoms with Gasteiger partial charge in [0, 0.05) is 12.6 Å². The highest BCUT2D eigenvalue weighted by molar-refractivity contribution is 7.99. The Morgan fingerprint density at radius 2 is 2.00 bits per heavy atom. The number of thioether (sulfide) groups is 1. The number of benzene rings is 1. The highest BCUT2D eigenvalue weighted by atomic mass is 32.2. The molecule has 2 fully saturated rings. The summed E-state index contributed by atoms with van der Waals surface area (Å²) in [5.74, 6) is 3.11. The molecule has 2 aliphatic rings. The van der Waals surface area contributed by atoms with Crippen molar-refractivity contribution in [3.05, 3.63) is 35.4 Å². The molecule has 2 nitrogen and oxygen atoms in total. The van der Waals surface area contributed by atoms with Gasteiger partial charge < -0.3 is 10.5 Å². The number of hydrogen-bond acceptors (Lipinski definition) is 3. The first-order chi connectivity index (χ1) is 10.2. The zero-order chi connectivity index (χ0) is 14.7. The number of nitrogens with two attached hydrogens (primary N) is 1. The second-order valence-corrected chi connectivity index (χ2v) is 7.98. The van der Waals surface area contributed by atoms with Crippen molar-refractivity contribution in [3.63, 3.8) is 0 Å². The molecule has 116 valence electrons. The molecule has 1 spiro atoms. The Bertz CT molecular complexity index is 447. The van der Waals surface area contributed by atoms with Gasteiger partial charge >= 0.3 is 0 Å². The third-order valence-corrected chi connectivity index (χ3v) is 6.12. The summed E-state index contributed by atoms with van der Waals surface area (Å²) in [5.41, 5.74) is 9.38. The quantitative estimate of drug-likeness (QED) is 0.927. The first-order valence-electron chi connectivity index (χ1n) is 8.20. The van der Waals surface area contributed by atoms with Crippen molar-refractivity contribution < 1.29 is 4.74 Å². The number of rotatable bonds is 3. The van der Waals surface area contributed by atoms with E-state index in [-0.39, 0.29) is 11.6 Å². The molecule has 0 amide bonds. The summed E-state index contributed by atoms with van der Waals surface area (Å²) >= 11 is 2.06. The Balaban J connectivity index is 1.61. The van der Waals surface area contributed by atoms with E-state index in [1.165, 1.54) is 41.9 Å². The molecular formula is C18H27NOS. The van der Waals surface area contributed by atoms with Crippen LogP contribution in [-0.2, 0) is 11.2 Å². The van der Waals surface area contributed by atoms with Gasteiger partial charge in [0.25, 0.3) is 0 Å². The van der Waals surface area contributed by atoms with E-state index in [0.717, 1.165) is 19.4 Å². The lowest BCUT2D eigenvalue weighted by Crippen LogP contribution is -2.47. The second-order valence-electron chi connectivity index (χ2n) is 6.75. The van der Waals surface area contributed by atoms with Gasteiger partial charge in [-0.3, -0.25) is 0 Å². The summed E-state index contributed by atoms with van der Waals surface area (Å²) in [7, 11) is 0. The van der Waals surface area contributed by atoms with E-state index >= 15 is 0 Å². The zero-order valence-electron chi connectivity index (χ0n) is 13.0. The Labute approximate surface area is 132 Å². The Hall–Kier alpha value is -0.510. The molecule has 2 heterocycles. The molecule has 3 heteroatoms.